The number of cyclic esters (lactones) is 1. The van der Waals surface area contributed by atoms with Gasteiger partial charge in [0.05, 0.1) is 0 Å². The predicted octanol–water partition coefficient (Wildman–Crippen LogP) is 3.37. The maximum atomic E-state index is 11.4. The van der Waals surface area contributed by atoms with Gasteiger partial charge >= 0.3 is 5.97 Å². The van der Waals surface area contributed by atoms with Gasteiger partial charge in [0.15, 0.2) is 5.76 Å². The van der Waals surface area contributed by atoms with Crippen molar-refractivity contribution in [1.29, 1.82) is 0 Å². The highest BCUT2D eigenvalue weighted by Gasteiger charge is 2.21. The maximum absolute atomic E-state index is 11.4. The van der Waals surface area contributed by atoms with Crippen LogP contribution in [0.5, 0.6) is 0 Å². The van der Waals surface area contributed by atoms with Crippen molar-refractivity contribution in [3.8, 4) is 0 Å². The Balaban J connectivity index is 2.34. The fraction of sp³-hybridized carbons (Fsp3) is 0.545. The number of esters is 1. The molecular weight excluding hydrogens is 340 g/mol. The van der Waals surface area contributed by atoms with Gasteiger partial charge in [-0.2, -0.15) is 0 Å². The second-order valence-corrected chi connectivity index (χ2v) is 6.22. The highest BCUT2D eigenvalue weighted by molar-refractivity contribution is 9.28. The first-order valence-electron chi connectivity index (χ1n) is 5.24. The van der Waals surface area contributed by atoms with Crippen LogP contribution in [0.1, 0.15) is 32.1 Å². The highest BCUT2D eigenvalue weighted by atomic mass is 79.9. The normalized spacial score (nSPS) is 15.1. The van der Waals surface area contributed by atoms with E-state index in [4.69, 9.17) is 9.84 Å². The summed E-state index contributed by atoms with van der Waals surface area (Å²) >= 11 is 6.41. The number of hydrogen-bond donors (Lipinski definition) is 1. The Morgan fingerprint density at radius 3 is 2.50 bits per heavy atom. The molecule has 0 saturated heterocycles. The quantitative estimate of drug-likeness (QED) is 0.588. The van der Waals surface area contributed by atoms with Crippen molar-refractivity contribution in [1.82, 2.24) is 0 Å². The molecule has 0 saturated carbocycles. The van der Waals surface area contributed by atoms with Crippen LogP contribution in [-0.4, -0.2) is 17.7 Å². The molecule has 0 unspecified atom stereocenters. The van der Waals surface area contributed by atoms with E-state index < -0.39 is 0 Å². The molecule has 0 fully saturated rings. The van der Waals surface area contributed by atoms with Gasteiger partial charge < -0.3 is 9.84 Å². The molecule has 1 aliphatic rings. The Bertz CT molecular complexity index is 317. The van der Waals surface area contributed by atoms with Gasteiger partial charge in [-0.05, 0) is 57.2 Å². The van der Waals surface area contributed by atoms with E-state index in [2.05, 4.69) is 31.9 Å². The SMILES string of the molecule is O=C1OC(=C(Br)Br)C=C1CCCCCCO. The number of hydrogen-bond acceptors (Lipinski definition) is 3. The standard InChI is InChI=1S/C11H14Br2O3/c12-10(13)9-7-8(11(15)16-9)5-3-1-2-4-6-14/h7,14H,1-6H2. The largest absolute Gasteiger partial charge is 0.421 e. The van der Waals surface area contributed by atoms with Crippen LogP contribution in [0.15, 0.2) is 20.8 Å². The first-order chi connectivity index (χ1) is 7.65. The molecule has 0 aromatic carbocycles. The van der Waals surface area contributed by atoms with E-state index in [1.807, 2.05) is 0 Å². The van der Waals surface area contributed by atoms with Gasteiger partial charge in [0, 0.05) is 12.2 Å². The first-order valence-corrected chi connectivity index (χ1v) is 6.82. The van der Waals surface area contributed by atoms with Crippen molar-refractivity contribution in [3.05, 3.63) is 20.8 Å². The van der Waals surface area contributed by atoms with Crippen molar-refractivity contribution in [2.24, 2.45) is 0 Å². The summed E-state index contributed by atoms with van der Waals surface area (Å²) in [4.78, 5) is 11.4. The second-order valence-electron chi connectivity index (χ2n) is 3.57. The molecule has 0 amide bonds. The van der Waals surface area contributed by atoms with Gasteiger partial charge in [-0.15, -0.1) is 0 Å². The summed E-state index contributed by atoms with van der Waals surface area (Å²) in [6, 6.07) is 0. The Morgan fingerprint density at radius 2 is 1.94 bits per heavy atom. The Labute approximate surface area is 112 Å². The molecule has 1 rings (SSSR count). The van der Waals surface area contributed by atoms with Crippen LogP contribution >= 0.6 is 31.9 Å². The van der Waals surface area contributed by atoms with Gasteiger partial charge in [0.25, 0.3) is 0 Å². The van der Waals surface area contributed by atoms with Crippen LogP contribution in [0.2, 0.25) is 0 Å². The van der Waals surface area contributed by atoms with Crippen molar-refractivity contribution >= 4 is 37.8 Å². The topological polar surface area (TPSA) is 46.5 Å². The number of unbranched alkanes of at least 4 members (excludes halogenated alkanes) is 3. The summed E-state index contributed by atoms with van der Waals surface area (Å²) in [5, 5.41) is 8.61. The summed E-state index contributed by atoms with van der Waals surface area (Å²) in [6.45, 7) is 0.244. The summed E-state index contributed by atoms with van der Waals surface area (Å²) in [5.41, 5.74) is 0.718. The summed E-state index contributed by atoms with van der Waals surface area (Å²) < 4.78 is 5.68. The maximum Gasteiger partial charge on any atom is 0.339 e. The number of ether oxygens (including phenoxy) is 1. The lowest BCUT2D eigenvalue weighted by molar-refractivity contribution is -0.133. The monoisotopic (exact) mass is 352 g/mol. The molecular formula is C11H14Br2O3. The molecule has 0 aromatic rings. The Kier molecular flexibility index (Phi) is 6.31. The molecule has 5 heteroatoms. The van der Waals surface area contributed by atoms with Gasteiger partial charge in [-0.1, -0.05) is 12.8 Å². The number of allylic oxidation sites excluding steroid dienone is 1. The number of aliphatic hydroxyl groups excluding tert-OH is 1. The summed E-state index contributed by atoms with van der Waals surface area (Å²) in [6.07, 6.45) is 6.31. The van der Waals surface area contributed by atoms with Gasteiger partial charge in [-0.25, -0.2) is 4.79 Å². The molecule has 1 aliphatic heterocycles. The van der Waals surface area contributed by atoms with E-state index in [1.165, 1.54) is 0 Å². The number of halogens is 2. The third-order valence-electron chi connectivity index (χ3n) is 2.31. The molecule has 16 heavy (non-hydrogen) atoms. The zero-order chi connectivity index (χ0) is 12.0. The molecule has 0 bridgehead atoms. The lowest BCUT2D eigenvalue weighted by atomic mass is 10.1. The Hall–Kier alpha value is -0.130. The van der Waals surface area contributed by atoms with E-state index in [9.17, 15) is 4.79 Å². The molecule has 0 radical (unpaired) electrons. The summed E-state index contributed by atoms with van der Waals surface area (Å²) in [5.74, 6) is 0.281. The predicted molar refractivity (Wildman–Crippen MR) is 69.2 cm³/mol. The van der Waals surface area contributed by atoms with Crippen LogP contribution in [0.25, 0.3) is 0 Å². The van der Waals surface area contributed by atoms with Crippen LogP contribution in [-0.2, 0) is 9.53 Å². The smallest absolute Gasteiger partial charge is 0.339 e. The third-order valence-corrected chi connectivity index (χ3v) is 3.09. The zero-order valence-electron chi connectivity index (χ0n) is 8.84. The molecule has 1 heterocycles. The summed E-state index contributed by atoms with van der Waals surface area (Å²) in [7, 11) is 0. The van der Waals surface area contributed by atoms with Crippen molar-refractivity contribution in [3.63, 3.8) is 0 Å². The number of carbonyl (C=O) groups excluding carboxylic acids is 1. The number of carbonyl (C=O) groups is 1. The van der Waals surface area contributed by atoms with Crippen molar-refractivity contribution < 1.29 is 14.6 Å². The van der Waals surface area contributed by atoms with Gasteiger partial charge in [0.1, 0.15) is 3.39 Å². The fourth-order valence-corrected chi connectivity index (χ4v) is 1.85. The average Bonchev–Trinajstić information content (AvgIpc) is 2.60. The van der Waals surface area contributed by atoms with E-state index >= 15 is 0 Å². The fourth-order valence-electron chi connectivity index (χ4n) is 1.46. The van der Waals surface area contributed by atoms with E-state index in [0.717, 1.165) is 37.7 Å². The molecule has 3 nitrogen and oxygen atoms in total. The molecule has 0 aliphatic carbocycles. The van der Waals surface area contributed by atoms with Crippen LogP contribution in [0.3, 0.4) is 0 Å². The van der Waals surface area contributed by atoms with Crippen LogP contribution < -0.4 is 0 Å². The molecule has 0 atom stereocenters. The first kappa shape index (κ1) is 13.9. The van der Waals surface area contributed by atoms with E-state index in [-0.39, 0.29) is 12.6 Å². The van der Waals surface area contributed by atoms with E-state index in [0.29, 0.717) is 9.15 Å². The number of rotatable bonds is 6. The van der Waals surface area contributed by atoms with Gasteiger partial charge in [-0.3, -0.25) is 0 Å². The molecule has 1 N–H and O–H groups in total. The van der Waals surface area contributed by atoms with E-state index in [1.54, 1.807) is 6.08 Å². The highest BCUT2D eigenvalue weighted by Crippen LogP contribution is 2.29. The third kappa shape index (κ3) is 4.39. The minimum Gasteiger partial charge on any atom is -0.421 e. The molecule has 0 spiro atoms. The number of aliphatic hydroxyl groups is 1. The van der Waals surface area contributed by atoms with Crippen LogP contribution in [0, 0.1) is 0 Å². The van der Waals surface area contributed by atoms with Crippen molar-refractivity contribution in [2.45, 2.75) is 32.1 Å². The lowest BCUT2D eigenvalue weighted by Gasteiger charge is -1.99. The Morgan fingerprint density at radius 1 is 1.25 bits per heavy atom. The minimum atomic E-state index is -0.256. The average molecular weight is 354 g/mol. The minimum absolute atomic E-state index is 0.244. The molecule has 0 aromatic heterocycles. The van der Waals surface area contributed by atoms with Gasteiger partial charge in [0.2, 0.25) is 0 Å². The zero-order valence-corrected chi connectivity index (χ0v) is 12.0. The second kappa shape index (κ2) is 7.25. The van der Waals surface area contributed by atoms with Crippen LogP contribution in [0.4, 0.5) is 0 Å². The lowest BCUT2D eigenvalue weighted by Crippen LogP contribution is -1.99. The van der Waals surface area contributed by atoms with Crippen molar-refractivity contribution in [2.75, 3.05) is 6.61 Å². The molecule has 90 valence electrons.